The quantitative estimate of drug-likeness (QED) is 0.649. The number of fused-ring (bicyclic) bond motifs is 1. The molecule has 0 unspecified atom stereocenters. The fourth-order valence-corrected chi connectivity index (χ4v) is 2.31. The van der Waals surface area contributed by atoms with E-state index in [4.69, 9.17) is 0 Å². The van der Waals surface area contributed by atoms with Gasteiger partial charge in [0.05, 0.1) is 0 Å². The molecule has 2 aliphatic rings. The first-order chi connectivity index (χ1) is 6.84. The molecule has 1 saturated carbocycles. The molecule has 0 atom stereocenters. The average molecular weight is 186 g/mol. The van der Waals surface area contributed by atoms with Gasteiger partial charge in [-0.3, -0.25) is 4.79 Å². The zero-order chi connectivity index (χ0) is 9.54. The van der Waals surface area contributed by atoms with Crippen LogP contribution in [0, 0.1) is 5.92 Å². The number of hydrogen-bond acceptors (Lipinski definition) is 1. The summed E-state index contributed by atoms with van der Waals surface area (Å²) < 4.78 is 0. The first-order valence-corrected chi connectivity index (χ1v) is 5.50. The second-order valence-electron chi connectivity index (χ2n) is 4.48. The van der Waals surface area contributed by atoms with Crippen LogP contribution in [0.4, 0.5) is 0 Å². The Bertz CT molecular complexity index is 388. The molecule has 2 aliphatic carbocycles. The lowest BCUT2D eigenvalue weighted by atomic mass is 10.0. The van der Waals surface area contributed by atoms with Crippen molar-refractivity contribution in [3.8, 4) is 0 Å². The van der Waals surface area contributed by atoms with Crippen LogP contribution >= 0.6 is 0 Å². The molecule has 1 nitrogen and oxygen atoms in total. The second-order valence-corrected chi connectivity index (χ2v) is 4.48. The standard InChI is InChI=1S/C13H14O/c14-13(10-5-6-10)12-7-4-9-2-1-3-11(9)8-12/h4,7-8,10H,1-3,5-6H2. The zero-order valence-electron chi connectivity index (χ0n) is 8.25. The van der Waals surface area contributed by atoms with Crippen LogP contribution in [0.2, 0.25) is 0 Å². The van der Waals surface area contributed by atoms with Crippen molar-refractivity contribution in [1.82, 2.24) is 0 Å². The summed E-state index contributed by atoms with van der Waals surface area (Å²) in [7, 11) is 0. The highest BCUT2D eigenvalue weighted by molar-refractivity contribution is 5.99. The van der Waals surface area contributed by atoms with Crippen LogP contribution in [0.25, 0.3) is 0 Å². The van der Waals surface area contributed by atoms with E-state index in [-0.39, 0.29) is 0 Å². The summed E-state index contributed by atoms with van der Waals surface area (Å²) in [4.78, 5) is 11.8. The lowest BCUT2D eigenvalue weighted by molar-refractivity contribution is 0.0967. The molecule has 3 rings (SSSR count). The monoisotopic (exact) mass is 186 g/mol. The van der Waals surface area contributed by atoms with Crippen LogP contribution in [-0.2, 0) is 12.8 Å². The van der Waals surface area contributed by atoms with Crippen molar-refractivity contribution in [3.63, 3.8) is 0 Å². The van der Waals surface area contributed by atoms with Crippen molar-refractivity contribution < 1.29 is 4.79 Å². The van der Waals surface area contributed by atoms with Gasteiger partial charge in [0.15, 0.2) is 5.78 Å². The van der Waals surface area contributed by atoms with Gasteiger partial charge in [0.1, 0.15) is 0 Å². The van der Waals surface area contributed by atoms with Gasteiger partial charge in [-0.25, -0.2) is 0 Å². The SMILES string of the molecule is O=C(c1ccc2c(c1)CCC2)C1CC1. The number of benzene rings is 1. The third kappa shape index (κ3) is 1.28. The predicted molar refractivity (Wildman–Crippen MR) is 55.5 cm³/mol. The Morgan fingerprint density at radius 3 is 2.71 bits per heavy atom. The minimum Gasteiger partial charge on any atom is -0.294 e. The summed E-state index contributed by atoms with van der Waals surface area (Å²) in [5.74, 6) is 0.731. The Morgan fingerprint density at radius 2 is 1.93 bits per heavy atom. The van der Waals surface area contributed by atoms with Gasteiger partial charge in [-0.15, -0.1) is 0 Å². The van der Waals surface area contributed by atoms with Crippen LogP contribution < -0.4 is 0 Å². The van der Waals surface area contributed by atoms with Crippen molar-refractivity contribution in [2.45, 2.75) is 32.1 Å². The van der Waals surface area contributed by atoms with Crippen molar-refractivity contribution in [2.24, 2.45) is 5.92 Å². The van der Waals surface area contributed by atoms with Gasteiger partial charge in [-0.2, -0.15) is 0 Å². The molecule has 0 amide bonds. The summed E-state index contributed by atoms with van der Waals surface area (Å²) in [5, 5.41) is 0. The van der Waals surface area contributed by atoms with Gasteiger partial charge in [-0.1, -0.05) is 12.1 Å². The Kier molecular flexibility index (Phi) is 1.73. The number of hydrogen-bond donors (Lipinski definition) is 0. The Balaban J connectivity index is 1.95. The molecule has 1 aromatic rings. The predicted octanol–water partition coefficient (Wildman–Crippen LogP) is 2.77. The molecule has 0 N–H and O–H groups in total. The molecule has 72 valence electrons. The van der Waals surface area contributed by atoms with Crippen molar-refractivity contribution in [3.05, 3.63) is 34.9 Å². The number of rotatable bonds is 2. The molecule has 1 aromatic carbocycles. The minimum absolute atomic E-state index is 0.356. The van der Waals surface area contributed by atoms with Crippen LogP contribution in [0.15, 0.2) is 18.2 Å². The van der Waals surface area contributed by atoms with E-state index in [9.17, 15) is 4.79 Å². The van der Waals surface area contributed by atoms with Crippen LogP contribution in [0.1, 0.15) is 40.7 Å². The lowest BCUT2D eigenvalue weighted by Gasteiger charge is -2.02. The smallest absolute Gasteiger partial charge is 0.165 e. The topological polar surface area (TPSA) is 17.1 Å². The Morgan fingerprint density at radius 1 is 1.14 bits per heavy atom. The number of carbonyl (C=O) groups is 1. The average Bonchev–Trinajstić information content (AvgIpc) is 2.95. The fourth-order valence-electron chi connectivity index (χ4n) is 2.31. The molecule has 1 heteroatoms. The summed E-state index contributed by atoms with van der Waals surface area (Å²) in [6.45, 7) is 0. The number of aryl methyl sites for hydroxylation is 2. The molecular formula is C13H14O. The van der Waals surface area contributed by atoms with E-state index in [1.165, 1.54) is 30.4 Å². The largest absolute Gasteiger partial charge is 0.294 e. The maximum atomic E-state index is 11.8. The highest BCUT2D eigenvalue weighted by Crippen LogP contribution is 2.33. The van der Waals surface area contributed by atoms with Gasteiger partial charge >= 0.3 is 0 Å². The van der Waals surface area contributed by atoms with Crippen LogP contribution in [0.3, 0.4) is 0 Å². The minimum atomic E-state index is 0.356. The van der Waals surface area contributed by atoms with Gasteiger partial charge in [0.25, 0.3) is 0 Å². The Labute approximate surface area is 84.1 Å². The molecule has 1 fully saturated rings. The van der Waals surface area contributed by atoms with E-state index >= 15 is 0 Å². The van der Waals surface area contributed by atoms with E-state index in [2.05, 4.69) is 12.1 Å². The molecule has 0 saturated heterocycles. The number of Topliss-reactive ketones (excluding diaryl/α,β-unsaturated/α-hetero) is 1. The second kappa shape index (κ2) is 2.94. The van der Waals surface area contributed by atoms with Crippen LogP contribution in [-0.4, -0.2) is 5.78 Å². The number of carbonyl (C=O) groups excluding carboxylic acids is 1. The fraction of sp³-hybridized carbons (Fsp3) is 0.462. The van der Waals surface area contributed by atoms with Gasteiger partial charge in [-0.05, 0) is 49.3 Å². The van der Waals surface area contributed by atoms with E-state index < -0.39 is 0 Å². The van der Waals surface area contributed by atoms with Crippen molar-refractivity contribution in [2.75, 3.05) is 0 Å². The molecule has 14 heavy (non-hydrogen) atoms. The van der Waals surface area contributed by atoms with E-state index in [1.54, 1.807) is 0 Å². The van der Waals surface area contributed by atoms with Gasteiger partial charge < -0.3 is 0 Å². The van der Waals surface area contributed by atoms with Crippen molar-refractivity contribution in [1.29, 1.82) is 0 Å². The highest BCUT2D eigenvalue weighted by Gasteiger charge is 2.30. The summed E-state index contributed by atoms with van der Waals surface area (Å²) >= 11 is 0. The molecule has 0 aromatic heterocycles. The first-order valence-electron chi connectivity index (χ1n) is 5.50. The Hall–Kier alpha value is -1.11. The molecule has 0 bridgehead atoms. The maximum absolute atomic E-state index is 11.8. The van der Waals surface area contributed by atoms with Gasteiger partial charge in [0, 0.05) is 11.5 Å². The summed E-state index contributed by atoms with van der Waals surface area (Å²) in [6.07, 6.45) is 5.84. The van der Waals surface area contributed by atoms with E-state index in [0.29, 0.717) is 11.7 Å². The first kappa shape index (κ1) is 8.22. The highest BCUT2D eigenvalue weighted by atomic mass is 16.1. The summed E-state index contributed by atoms with van der Waals surface area (Å²) in [5.41, 5.74) is 3.82. The summed E-state index contributed by atoms with van der Waals surface area (Å²) in [6, 6.07) is 6.30. The molecule has 0 spiro atoms. The normalized spacial score (nSPS) is 19.4. The zero-order valence-corrected chi connectivity index (χ0v) is 8.25. The maximum Gasteiger partial charge on any atom is 0.165 e. The molecule has 0 heterocycles. The third-order valence-corrected chi connectivity index (χ3v) is 3.33. The van der Waals surface area contributed by atoms with E-state index in [1.807, 2.05) is 6.07 Å². The lowest BCUT2D eigenvalue weighted by Crippen LogP contribution is -2.01. The third-order valence-electron chi connectivity index (χ3n) is 3.33. The van der Waals surface area contributed by atoms with Crippen molar-refractivity contribution >= 4 is 5.78 Å². The molecule has 0 radical (unpaired) electrons. The molecule has 0 aliphatic heterocycles. The van der Waals surface area contributed by atoms with Gasteiger partial charge in [0.2, 0.25) is 0 Å². The molecular weight excluding hydrogens is 172 g/mol. The van der Waals surface area contributed by atoms with Crippen LogP contribution in [0.5, 0.6) is 0 Å². The number of ketones is 1. The van der Waals surface area contributed by atoms with E-state index in [0.717, 1.165) is 18.4 Å².